The van der Waals surface area contributed by atoms with Crippen LogP contribution < -0.4 is 5.32 Å². The van der Waals surface area contributed by atoms with Crippen LogP contribution in [0.4, 0.5) is 10.1 Å². The Hall–Kier alpha value is -3.46. The van der Waals surface area contributed by atoms with Gasteiger partial charge in [-0.15, -0.1) is 0 Å². The summed E-state index contributed by atoms with van der Waals surface area (Å²) in [5.41, 5.74) is 0.526. The second-order valence-corrected chi connectivity index (χ2v) is 7.10. The van der Waals surface area contributed by atoms with Gasteiger partial charge in [-0.2, -0.15) is 0 Å². The minimum absolute atomic E-state index is 0.172. The number of anilines is 1. The van der Waals surface area contributed by atoms with E-state index >= 15 is 0 Å². The van der Waals surface area contributed by atoms with E-state index in [4.69, 9.17) is 9.15 Å². The number of halogens is 1. The molecule has 164 valence electrons. The molecular formula is C22H24FN3O5. The number of piperazine rings is 1. The number of nitrogens with one attached hydrogen (secondary N) is 1. The fraction of sp³-hybridized carbons (Fsp3) is 0.318. The standard InChI is InChI=1S/C22H24FN3O5/c1-16-2-7-19(31-16)8-9-22(29)30-15-21(28)26-12-10-25(11-13-26)14-20(27)24-18-5-3-17(23)4-6-18/h2-9H,10-15H2,1H3,(H,24,27)/b9-8+. The molecule has 3 rings (SSSR count). The van der Waals surface area contributed by atoms with Gasteiger partial charge in [-0.1, -0.05) is 0 Å². The fourth-order valence-electron chi connectivity index (χ4n) is 3.06. The number of esters is 1. The Labute approximate surface area is 179 Å². The number of rotatable bonds is 7. The van der Waals surface area contributed by atoms with E-state index in [0.717, 1.165) is 5.76 Å². The van der Waals surface area contributed by atoms with E-state index < -0.39 is 5.97 Å². The SMILES string of the molecule is Cc1ccc(/C=C/C(=O)OCC(=O)N2CCN(CC(=O)Nc3ccc(F)cc3)CC2)o1. The lowest BCUT2D eigenvalue weighted by Crippen LogP contribution is -2.51. The van der Waals surface area contributed by atoms with E-state index in [-0.39, 0.29) is 30.8 Å². The van der Waals surface area contributed by atoms with Gasteiger partial charge in [-0.3, -0.25) is 14.5 Å². The summed E-state index contributed by atoms with van der Waals surface area (Å²) in [6, 6.07) is 9.05. The van der Waals surface area contributed by atoms with Crippen LogP contribution in [0.2, 0.25) is 0 Å². The van der Waals surface area contributed by atoms with Crippen LogP contribution in [0.3, 0.4) is 0 Å². The van der Waals surface area contributed by atoms with Gasteiger partial charge in [0.15, 0.2) is 6.61 Å². The number of hydrogen-bond donors (Lipinski definition) is 1. The molecule has 2 aromatic rings. The summed E-state index contributed by atoms with van der Waals surface area (Å²) in [4.78, 5) is 39.7. The monoisotopic (exact) mass is 429 g/mol. The molecule has 0 radical (unpaired) electrons. The molecule has 1 aromatic heterocycles. The largest absolute Gasteiger partial charge is 0.462 e. The minimum Gasteiger partial charge on any atom is -0.462 e. The fourth-order valence-corrected chi connectivity index (χ4v) is 3.06. The number of benzene rings is 1. The van der Waals surface area contributed by atoms with Crippen molar-refractivity contribution in [2.24, 2.45) is 0 Å². The van der Waals surface area contributed by atoms with Crippen molar-refractivity contribution in [3.8, 4) is 0 Å². The summed E-state index contributed by atoms with van der Waals surface area (Å²) in [6.45, 7) is 3.54. The van der Waals surface area contributed by atoms with Gasteiger partial charge in [0.05, 0.1) is 6.54 Å². The number of hydrogen-bond acceptors (Lipinski definition) is 6. The van der Waals surface area contributed by atoms with Gasteiger partial charge >= 0.3 is 5.97 Å². The van der Waals surface area contributed by atoms with Crippen LogP contribution in [0.1, 0.15) is 11.5 Å². The van der Waals surface area contributed by atoms with Gasteiger partial charge in [0, 0.05) is 37.9 Å². The Kier molecular flexibility index (Phi) is 7.55. The van der Waals surface area contributed by atoms with Crippen molar-refractivity contribution in [2.75, 3.05) is 44.6 Å². The third kappa shape index (κ3) is 7.07. The molecule has 1 aromatic carbocycles. The zero-order valence-corrected chi connectivity index (χ0v) is 17.2. The Morgan fingerprint density at radius 3 is 2.45 bits per heavy atom. The number of nitrogens with zero attached hydrogens (tertiary/aromatic N) is 2. The topological polar surface area (TPSA) is 92.1 Å². The first-order valence-electron chi connectivity index (χ1n) is 9.86. The molecule has 0 unspecified atom stereocenters. The molecule has 2 amide bonds. The molecule has 0 bridgehead atoms. The Morgan fingerprint density at radius 2 is 1.81 bits per heavy atom. The number of carbonyl (C=O) groups excluding carboxylic acids is 3. The molecule has 31 heavy (non-hydrogen) atoms. The van der Waals surface area contributed by atoms with Gasteiger partial charge < -0.3 is 19.4 Å². The second kappa shape index (κ2) is 10.5. The maximum atomic E-state index is 12.9. The molecule has 2 heterocycles. The lowest BCUT2D eigenvalue weighted by atomic mass is 10.3. The third-order valence-corrected chi connectivity index (χ3v) is 4.70. The molecule has 1 aliphatic heterocycles. The number of furan rings is 1. The first kappa shape index (κ1) is 22.2. The summed E-state index contributed by atoms with van der Waals surface area (Å²) in [5.74, 6) is -0.230. The van der Waals surface area contributed by atoms with Gasteiger partial charge in [-0.25, -0.2) is 9.18 Å². The normalized spacial score (nSPS) is 14.6. The molecular weight excluding hydrogens is 405 g/mol. The summed E-state index contributed by atoms with van der Waals surface area (Å²) in [5, 5.41) is 2.71. The van der Waals surface area contributed by atoms with Crippen LogP contribution in [0, 0.1) is 12.7 Å². The molecule has 0 atom stereocenters. The van der Waals surface area contributed by atoms with Crippen molar-refractivity contribution >= 4 is 29.5 Å². The summed E-state index contributed by atoms with van der Waals surface area (Å²) in [7, 11) is 0. The number of aryl methyl sites for hydroxylation is 1. The number of carbonyl (C=O) groups is 3. The van der Waals surface area contributed by atoms with Crippen LogP contribution >= 0.6 is 0 Å². The molecule has 0 spiro atoms. The lowest BCUT2D eigenvalue weighted by molar-refractivity contribution is -0.149. The highest BCUT2D eigenvalue weighted by molar-refractivity contribution is 5.92. The predicted molar refractivity (Wildman–Crippen MR) is 111 cm³/mol. The molecule has 0 aliphatic carbocycles. The van der Waals surface area contributed by atoms with Crippen molar-refractivity contribution in [2.45, 2.75) is 6.92 Å². The van der Waals surface area contributed by atoms with Crippen LogP contribution in [0.25, 0.3) is 6.08 Å². The van der Waals surface area contributed by atoms with Crippen LogP contribution in [0.5, 0.6) is 0 Å². The van der Waals surface area contributed by atoms with Gasteiger partial charge in [0.1, 0.15) is 17.3 Å². The summed E-state index contributed by atoms with van der Waals surface area (Å²) in [6.07, 6.45) is 2.69. The van der Waals surface area contributed by atoms with E-state index in [2.05, 4.69) is 5.32 Å². The van der Waals surface area contributed by atoms with Crippen molar-refractivity contribution in [1.29, 1.82) is 0 Å². The zero-order chi connectivity index (χ0) is 22.2. The highest BCUT2D eigenvalue weighted by atomic mass is 19.1. The van der Waals surface area contributed by atoms with E-state index in [1.165, 1.54) is 36.4 Å². The van der Waals surface area contributed by atoms with E-state index in [1.807, 2.05) is 4.90 Å². The minimum atomic E-state index is -0.626. The molecule has 8 nitrogen and oxygen atoms in total. The molecule has 1 aliphatic rings. The van der Waals surface area contributed by atoms with Crippen molar-refractivity contribution in [1.82, 2.24) is 9.80 Å². The van der Waals surface area contributed by atoms with Gasteiger partial charge in [0.2, 0.25) is 5.91 Å². The van der Waals surface area contributed by atoms with Gasteiger partial charge in [0.25, 0.3) is 5.91 Å². The van der Waals surface area contributed by atoms with Crippen molar-refractivity contribution in [3.05, 3.63) is 59.8 Å². The average Bonchev–Trinajstić information content (AvgIpc) is 3.18. The summed E-state index contributed by atoms with van der Waals surface area (Å²) < 4.78 is 23.2. The highest BCUT2D eigenvalue weighted by Gasteiger charge is 2.23. The molecule has 9 heteroatoms. The molecule has 1 N–H and O–H groups in total. The number of amides is 2. The Morgan fingerprint density at radius 1 is 1.10 bits per heavy atom. The third-order valence-electron chi connectivity index (χ3n) is 4.70. The second-order valence-electron chi connectivity index (χ2n) is 7.10. The summed E-state index contributed by atoms with van der Waals surface area (Å²) >= 11 is 0. The quantitative estimate of drug-likeness (QED) is 0.535. The maximum absolute atomic E-state index is 12.9. The highest BCUT2D eigenvalue weighted by Crippen LogP contribution is 2.10. The first-order chi connectivity index (χ1) is 14.9. The molecule has 0 saturated carbocycles. The predicted octanol–water partition coefficient (Wildman–Crippen LogP) is 2.07. The Balaban J connectivity index is 1.35. The van der Waals surface area contributed by atoms with E-state index in [0.29, 0.717) is 37.6 Å². The maximum Gasteiger partial charge on any atom is 0.331 e. The van der Waals surface area contributed by atoms with Gasteiger partial charge in [-0.05, 0) is 49.4 Å². The van der Waals surface area contributed by atoms with E-state index in [1.54, 1.807) is 24.0 Å². The van der Waals surface area contributed by atoms with Crippen molar-refractivity contribution in [3.63, 3.8) is 0 Å². The lowest BCUT2D eigenvalue weighted by Gasteiger charge is -2.34. The number of ether oxygens (including phenoxy) is 1. The molecule has 1 fully saturated rings. The average molecular weight is 429 g/mol. The first-order valence-corrected chi connectivity index (χ1v) is 9.86. The van der Waals surface area contributed by atoms with Crippen molar-refractivity contribution < 1.29 is 27.9 Å². The molecule has 1 saturated heterocycles. The zero-order valence-electron chi connectivity index (χ0n) is 17.2. The Bertz CT molecular complexity index is 946. The van der Waals surface area contributed by atoms with Crippen LogP contribution in [-0.2, 0) is 19.1 Å². The van der Waals surface area contributed by atoms with Crippen LogP contribution in [0.15, 0.2) is 46.9 Å². The van der Waals surface area contributed by atoms with Crippen LogP contribution in [-0.4, -0.2) is 66.9 Å². The smallest absolute Gasteiger partial charge is 0.331 e. The van der Waals surface area contributed by atoms with E-state index in [9.17, 15) is 18.8 Å².